The minimum atomic E-state index is -0.329. The molecule has 0 radical (unpaired) electrons. The average Bonchev–Trinajstić information content (AvgIpc) is 3.17. The summed E-state index contributed by atoms with van der Waals surface area (Å²) in [6.45, 7) is 8.10. The van der Waals surface area contributed by atoms with Crippen LogP contribution in [0.5, 0.6) is 0 Å². The molecule has 1 aliphatic heterocycles. The van der Waals surface area contributed by atoms with E-state index in [4.69, 9.17) is 0 Å². The molecule has 0 aromatic heterocycles. The molecule has 1 fully saturated rings. The molecule has 1 aliphatic rings. The topological polar surface area (TPSA) is 49.4 Å². The van der Waals surface area contributed by atoms with Crippen LogP contribution >= 0.6 is 11.8 Å². The highest BCUT2D eigenvalue weighted by molar-refractivity contribution is 8.00. The number of aryl methyl sites for hydroxylation is 1. The van der Waals surface area contributed by atoms with Gasteiger partial charge in [-0.25, -0.2) is 4.39 Å². The summed E-state index contributed by atoms with van der Waals surface area (Å²) >= 11 is 1.50. The van der Waals surface area contributed by atoms with Gasteiger partial charge in [0.15, 0.2) is 0 Å². The van der Waals surface area contributed by atoms with E-state index < -0.39 is 0 Å². The maximum atomic E-state index is 14.1. The number of hydrogen-bond acceptors (Lipinski definition) is 3. The highest BCUT2D eigenvalue weighted by atomic mass is 32.2. The van der Waals surface area contributed by atoms with Crippen molar-refractivity contribution in [2.24, 2.45) is 0 Å². The van der Waals surface area contributed by atoms with Gasteiger partial charge in [0, 0.05) is 16.9 Å². The quantitative estimate of drug-likeness (QED) is 0.484. The van der Waals surface area contributed by atoms with Crippen LogP contribution in [-0.4, -0.2) is 17.6 Å². The lowest BCUT2D eigenvalue weighted by Crippen LogP contribution is -2.28. The molecule has 3 aromatic rings. The SMILES string of the molecule is Cc1ccc(N2C(=O)CS[C@H]2c2ccc(NC(=O)c3ccc(C(C)(C)C)cc3)cc2)cc1F. The first-order valence-electron chi connectivity index (χ1n) is 10.9. The van der Waals surface area contributed by atoms with E-state index in [1.165, 1.54) is 23.4 Å². The zero-order chi connectivity index (χ0) is 23.8. The molecule has 6 heteroatoms. The van der Waals surface area contributed by atoms with E-state index in [0.717, 1.165) is 5.56 Å². The predicted molar refractivity (Wildman–Crippen MR) is 133 cm³/mol. The van der Waals surface area contributed by atoms with E-state index >= 15 is 0 Å². The molecule has 0 unspecified atom stereocenters. The zero-order valence-electron chi connectivity index (χ0n) is 19.2. The number of benzene rings is 3. The third-order valence-corrected chi connectivity index (χ3v) is 6.98. The van der Waals surface area contributed by atoms with Crippen molar-refractivity contribution in [2.75, 3.05) is 16.0 Å². The fourth-order valence-electron chi connectivity index (χ4n) is 3.74. The fraction of sp³-hybridized carbons (Fsp3) is 0.259. The second kappa shape index (κ2) is 9.02. The molecule has 0 aliphatic carbocycles. The zero-order valence-corrected chi connectivity index (χ0v) is 20.0. The lowest BCUT2D eigenvalue weighted by atomic mass is 9.87. The Hall–Kier alpha value is -3.12. The van der Waals surface area contributed by atoms with Crippen LogP contribution in [0.1, 0.15) is 53.2 Å². The van der Waals surface area contributed by atoms with Gasteiger partial charge in [0.25, 0.3) is 5.91 Å². The first kappa shape index (κ1) is 23.1. The van der Waals surface area contributed by atoms with Crippen LogP contribution < -0.4 is 10.2 Å². The summed E-state index contributed by atoms with van der Waals surface area (Å²) in [6.07, 6.45) is 0. The van der Waals surface area contributed by atoms with Crippen molar-refractivity contribution in [1.82, 2.24) is 0 Å². The number of amides is 2. The van der Waals surface area contributed by atoms with E-state index in [1.54, 1.807) is 24.0 Å². The number of anilines is 2. The molecule has 4 nitrogen and oxygen atoms in total. The first-order valence-corrected chi connectivity index (χ1v) is 11.9. The second-order valence-electron chi connectivity index (χ2n) is 9.26. The molecule has 0 bridgehead atoms. The minimum Gasteiger partial charge on any atom is -0.322 e. The Balaban J connectivity index is 1.49. The lowest BCUT2D eigenvalue weighted by Gasteiger charge is -2.25. The van der Waals surface area contributed by atoms with Gasteiger partial charge in [0.1, 0.15) is 11.2 Å². The van der Waals surface area contributed by atoms with Crippen molar-refractivity contribution in [3.63, 3.8) is 0 Å². The number of rotatable bonds is 4. The Morgan fingerprint density at radius 3 is 2.30 bits per heavy atom. The van der Waals surface area contributed by atoms with E-state index in [-0.39, 0.29) is 28.4 Å². The Bertz CT molecular complexity index is 1180. The smallest absolute Gasteiger partial charge is 0.255 e. The third-order valence-electron chi connectivity index (χ3n) is 5.77. The maximum Gasteiger partial charge on any atom is 0.255 e. The molecule has 3 aromatic carbocycles. The molecule has 170 valence electrons. The summed E-state index contributed by atoms with van der Waals surface area (Å²) < 4.78 is 14.1. The molecule has 33 heavy (non-hydrogen) atoms. The number of carbonyl (C=O) groups is 2. The summed E-state index contributed by atoms with van der Waals surface area (Å²) in [5, 5.41) is 2.68. The number of nitrogens with zero attached hydrogens (tertiary/aromatic N) is 1. The largest absolute Gasteiger partial charge is 0.322 e. The Morgan fingerprint density at radius 2 is 1.70 bits per heavy atom. The number of thioether (sulfide) groups is 1. The normalized spacial score (nSPS) is 16.2. The van der Waals surface area contributed by atoms with Crippen LogP contribution in [0.3, 0.4) is 0 Å². The average molecular weight is 463 g/mol. The van der Waals surface area contributed by atoms with Gasteiger partial charge in [-0.05, 0) is 65.4 Å². The predicted octanol–water partition coefficient (Wildman–Crippen LogP) is 6.46. The summed E-state index contributed by atoms with van der Waals surface area (Å²) in [7, 11) is 0. The Kier molecular flexibility index (Phi) is 6.30. The van der Waals surface area contributed by atoms with Crippen LogP contribution in [0.25, 0.3) is 0 Å². The molecule has 4 rings (SSSR count). The highest BCUT2D eigenvalue weighted by Crippen LogP contribution is 2.42. The molecular formula is C27H27FN2O2S. The van der Waals surface area contributed by atoms with Gasteiger partial charge >= 0.3 is 0 Å². The molecule has 1 heterocycles. The molecular weight excluding hydrogens is 435 g/mol. The van der Waals surface area contributed by atoms with Crippen LogP contribution in [0, 0.1) is 12.7 Å². The van der Waals surface area contributed by atoms with Crippen molar-refractivity contribution in [3.05, 3.63) is 94.8 Å². The van der Waals surface area contributed by atoms with Gasteiger partial charge < -0.3 is 5.32 Å². The molecule has 0 saturated carbocycles. The van der Waals surface area contributed by atoms with E-state index in [2.05, 4.69) is 26.1 Å². The van der Waals surface area contributed by atoms with E-state index in [1.807, 2.05) is 48.5 Å². The van der Waals surface area contributed by atoms with Crippen molar-refractivity contribution in [1.29, 1.82) is 0 Å². The van der Waals surface area contributed by atoms with E-state index in [9.17, 15) is 14.0 Å². The van der Waals surface area contributed by atoms with Gasteiger partial charge in [0.2, 0.25) is 5.91 Å². The summed E-state index contributed by atoms with van der Waals surface area (Å²) in [6, 6.07) is 19.9. The van der Waals surface area contributed by atoms with Crippen molar-refractivity contribution in [2.45, 2.75) is 38.5 Å². The van der Waals surface area contributed by atoms with Crippen molar-refractivity contribution < 1.29 is 14.0 Å². The summed E-state index contributed by atoms with van der Waals surface area (Å²) in [4.78, 5) is 26.8. The first-order chi connectivity index (χ1) is 15.6. The van der Waals surface area contributed by atoms with Crippen LogP contribution in [0.4, 0.5) is 15.8 Å². The summed E-state index contributed by atoms with van der Waals surface area (Å²) in [5.74, 6) is -0.220. The Labute approximate surface area is 198 Å². The Morgan fingerprint density at radius 1 is 1.03 bits per heavy atom. The number of halogens is 1. The molecule has 1 atom stereocenters. The van der Waals surface area contributed by atoms with Gasteiger partial charge in [-0.2, -0.15) is 0 Å². The van der Waals surface area contributed by atoms with Crippen molar-refractivity contribution in [3.8, 4) is 0 Å². The second-order valence-corrected chi connectivity index (χ2v) is 10.3. The number of carbonyl (C=O) groups excluding carboxylic acids is 2. The maximum absolute atomic E-state index is 14.1. The minimum absolute atomic E-state index is 0.0305. The number of hydrogen-bond donors (Lipinski definition) is 1. The molecule has 0 spiro atoms. The fourth-order valence-corrected chi connectivity index (χ4v) is 4.91. The third kappa shape index (κ3) is 4.96. The molecule has 1 saturated heterocycles. The van der Waals surface area contributed by atoms with Gasteiger partial charge in [0.05, 0.1) is 5.75 Å². The van der Waals surface area contributed by atoms with Crippen molar-refractivity contribution >= 4 is 35.0 Å². The number of nitrogens with one attached hydrogen (secondary N) is 1. The highest BCUT2D eigenvalue weighted by Gasteiger charge is 2.34. The lowest BCUT2D eigenvalue weighted by molar-refractivity contribution is -0.115. The summed E-state index contributed by atoms with van der Waals surface area (Å²) in [5.41, 5.74) is 4.48. The van der Waals surface area contributed by atoms with Crippen LogP contribution in [0.15, 0.2) is 66.7 Å². The van der Waals surface area contributed by atoms with Crippen LogP contribution in [-0.2, 0) is 10.2 Å². The van der Waals surface area contributed by atoms with Gasteiger partial charge in [-0.3, -0.25) is 14.5 Å². The molecule has 1 N–H and O–H groups in total. The standard InChI is InChI=1S/C27H27FN2O2S/c1-17-5-14-22(15-23(17)28)30-24(31)16-33-26(30)19-8-12-21(13-9-19)29-25(32)18-6-10-20(11-7-18)27(2,3)4/h5-15,26H,16H2,1-4H3,(H,29,32)/t26-/m0/s1. The monoisotopic (exact) mass is 462 g/mol. The van der Waals surface area contributed by atoms with Gasteiger partial charge in [-0.1, -0.05) is 51.1 Å². The van der Waals surface area contributed by atoms with Gasteiger partial charge in [-0.15, -0.1) is 11.8 Å². The molecule has 2 amide bonds. The van der Waals surface area contributed by atoms with Crippen LogP contribution in [0.2, 0.25) is 0 Å². The van der Waals surface area contributed by atoms with E-state index in [0.29, 0.717) is 28.3 Å².